The van der Waals surface area contributed by atoms with Gasteiger partial charge in [-0.2, -0.15) is 26.3 Å². The van der Waals surface area contributed by atoms with E-state index in [1.807, 2.05) is 0 Å². The number of amides is 2. The first-order valence-electron chi connectivity index (χ1n) is 9.17. The van der Waals surface area contributed by atoms with E-state index in [9.17, 15) is 35.9 Å². The molecule has 1 N–H and O–H groups in total. The van der Waals surface area contributed by atoms with Crippen LogP contribution >= 0.6 is 0 Å². The third-order valence-electron chi connectivity index (χ3n) is 4.78. The largest absolute Gasteiger partial charge is 0.416 e. The van der Waals surface area contributed by atoms with Crippen LogP contribution in [-0.4, -0.2) is 28.2 Å². The van der Waals surface area contributed by atoms with Crippen LogP contribution in [0.25, 0.3) is 0 Å². The van der Waals surface area contributed by atoms with Gasteiger partial charge < -0.3 is 10.2 Å². The van der Waals surface area contributed by atoms with Crippen molar-refractivity contribution >= 4 is 11.8 Å². The molecule has 2 heterocycles. The number of aromatic nitrogens is 1. The average Bonchev–Trinajstić information content (AvgIpc) is 3.06. The molecule has 2 aromatic rings. The fourth-order valence-electron chi connectivity index (χ4n) is 3.26. The van der Waals surface area contributed by atoms with Crippen LogP contribution in [0.4, 0.5) is 26.3 Å². The summed E-state index contributed by atoms with van der Waals surface area (Å²) in [5.41, 5.74) is -2.62. The molecular weight excluding hydrogens is 428 g/mol. The summed E-state index contributed by atoms with van der Waals surface area (Å²) in [6, 6.07) is 6.33. The molecule has 1 aliphatic rings. The van der Waals surface area contributed by atoms with Crippen molar-refractivity contribution in [2.75, 3.05) is 6.54 Å². The van der Waals surface area contributed by atoms with Gasteiger partial charge in [-0.3, -0.25) is 14.6 Å². The molecule has 1 aliphatic heterocycles. The summed E-state index contributed by atoms with van der Waals surface area (Å²) in [6.45, 7) is -0.437. The lowest BCUT2D eigenvalue weighted by Gasteiger charge is -2.19. The molecule has 0 spiro atoms. The molecular formula is C20H17F6N3O2. The normalized spacial score (nSPS) is 17.2. The number of carbonyl (C=O) groups excluding carboxylic acids is 2. The predicted molar refractivity (Wildman–Crippen MR) is 96.1 cm³/mol. The van der Waals surface area contributed by atoms with E-state index in [1.165, 1.54) is 0 Å². The Bertz CT molecular complexity index is 927. The predicted octanol–water partition coefficient (Wildman–Crippen LogP) is 3.78. The Balaban J connectivity index is 1.70. The van der Waals surface area contributed by atoms with Crippen molar-refractivity contribution in [1.29, 1.82) is 0 Å². The minimum absolute atomic E-state index is 0.0309. The highest BCUT2D eigenvalue weighted by molar-refractivity contribution is 5.89. The van der Waals surface area contributed by atoms with Gasteiger partial charge in [0.25, 0.3) is 0 Å². The zero-order valence-electron chi connectivity index (χ0n) is 15.9. The van der Waals surface area contributed by atoms with Crippen molar-refractivity contribution in [2.24, 2.45) is 5.92 Å². The molecule has 0 radical (unpaired) electrons. The SMILES string of the molecule is O=C(NCc1ccccn1)[C@@H]1CC(=O)N(Cc2cc(C(F)(F)F)cc(C(F)(F)F)c2)C1. The van der Waals surface area contributed by atoms with Crippen LogP contribution < -0.4 is 5.32 Å². The monoisotopic (exact) mass is 445 g/mol. The molecule has 0 saturated carbocycles. The first-order chi connectivity index (χ1) is 14.4. The van der Waals surface area contributed by atoms with Gasteiger partial charge in [0, 0.05) is 25.7 Å². The van der Waals surface area contributed by atoms with Crippen molar-refractivity contribution in [1.82, 2.24) is 15.2 Å². The number of pyridine rings is 1. The highest BCUT2D eigenvalue weighted by Crippen LogP contribution is 2.36. The molecule has 0 aliphatic carbocycles. The highest BCUT2D eigenvalue weighted by atomic mass is 19.4. The van der Waals surface area contributed by atoms with Gasteiger partial charge in [0.05, 0.1) is 29.3 Å². The van der Waals surface area contributed by atoms with Crippen molar-refractivity contribution in [3.63, 3.8) is 0 Å². The maximum atomic E-state index is 13.0. The third kappa shape index (κ3) is 5.74. The lowest BCUT2D eigenvalue weighted by molar-refractivity contribution is -0.143. The number of alkyl halides is 6. The minimum atomic E-state index is -4.97. The van der Waals surface area contributed by atoms with Crippen molar-refractivity contribution in [3.8, 4) is 0 Å². The lowest BCUT2D eigenvalue weighted by Crippen LogP contribution is -2.32. The molecule has 1 saturated heterocycles. The van der Waals surface area contributed by atoms with E-state index in [1.54, 1.807) is 24.4 Å². The second-order valence-corrected chi connectivity index (χ2v) is 7.13. The number of hydrogen-bond acceptors (Lipinski definition) is 3. The zero-order chi connectivity index (χ0) is 22.8. The minimum Gasteiger partial charge on any atom is -0.350 e. The van der Waals surface area contributed by atoms with Gasteiger partial charge in [-0.15, -0.1) is 0 Å². The van der Waals surface area contributed by atoms with E-state index in [4.69, 9.17) is 0 Å². The number of likely N-dealkylation sites (tertiary alicyclic amines) is 1. The second-order valence-electron chi connectivity index (χ2n) is 7.13. The van der Waals surface area contributed by atoms with E-state index in [0.717, 1.165) is 4.90 Å². The molecule has 0 bridgehead atoms. The summed E-state index contributed by atoms with van der Waals surface area (Å²) in [5.74, 6) is -1.73. The number of carbonyl (C=O) groups is 2. The van der Waals surface area contributed by atoms with E-state index in [0.29, 0.717) is 17.8 Å². The molecule has 11 heteroatoms. The highest BCUT2D eigenvalue weighted by Gasteiger charge is 2.38. The molecule has 1 aromatic heterocycles. The Labute approximate surface area is 173 Å². The van der Waals surface area contributed by atoms with Crippen LogP contribution in [0.2, 0.25) is 0 Å². The zero-order valence-corrected chi connectivity index (χ0v) is 15.9. The summed E-state index contributed by atoms with van der Waals surface area (Å²) >= 11 is 0. The van der Waals surface area contributed by atoms with Crippen LogP contribution in [0, 0.1) is 5.92 Å². The number of rotatable bonds is 5. The van der Waals surface area contributed by atoms with Crippen LogP contribution in [0.5, 0.6) is 0 Å². The third-order valence-corrected chi connectivity index (χ3v) is 4.78. The first kappa shape index (κ1) is 22.6. The Hall–Kier alpha value is -3.11. The van der Waals surface area contributed by atoms with Crippen LogP contribution in [0.3, 0.4) is 0 Å². The van der Waals surface area contributed by atoms with E-state index in [-0.39, 0.29) is 31.1 Å². The summed E-state index contributed by atoms with van der Waals surface area (Å²) in [7, 11) is 0. The van der Waals surface area contributed by atoms with E-state index >= 15 is 0 Å². The van der Waals surface area contributed by atoms with Crippen LogP contribution in [0.1, 0.15) is 28.8 Å². The molecule has 1 aromatic carbocycles. The number of halogens is 6. The Kier molecular flexibility index (Phi) is 6.23. The van der Waals surface area contributed by atoms with Gasteiger partial charge in [-0.1, -0.05) is 6.07 Å². The Morgan fingerprint density at radius 3 is 2.26 bits per heavy atom. The van der Waals surface area contributed by atoms with Crippen molar-refractivity contribution in [3.05, 3.63) is 65.0 Å². The van der Waals surface area contributed by atoms with Gasteiger partial charge >= 0.3 is 12.4 Å². The molecule has 31 heavy (non-hydrogen) atoms. The second kappa shape index (κ2) is 8.56. The lowest BCUT2D eigenvalue weighted by atomic mass is 10.0. The van der Waals surface area contributed by atoms with Gasteiger partial charge in [0.1, 0.15) is 0 Å². The molecule has 3 rings (SSSR count). The molecule has 166 valence electrons. The van der Waals surface area contributed by atoms with Gasteiger partial charge in [0.2, 0.25) is 11.8 Å². The first-order valence-corrected chi connectivity index (χ1v) is 9.17. The maximum Gasteiger partial charge on any atom is 0.416 e. The fourth-order valence-corrected chi connectivity index (χ4v) is 3.26. The van der Waals surface area contributed by atoms with Gasteiger partial charge in [-0.25, -0.2) is 0 Å². The standard InChI is InChI=1S/C20H17F6N3O2/c21-19(22,23)14-5-12(6-15(8-14)20(24,25)26)10-29-11-13(7-17(29)30)18(31)28-9-16-3-1-2-4-27-16/h1-6,8,13H,7,9-11H2,(H,28,31)/t13-/m1/s1. The Morgan fingerprint density at radius 2 is 1.71 bits per heavy atom. The summed E-state index contributed by atoms with van der Waals surface area (Å²) in [6.07, 6.45) is -8.58. The number of nitrogens with one attached hydrogen (secondary N) is 1. The molecule has 5 nitrogen and oxygen atoms in total. The summed E-state index contributed by atoms with van der Waals surface area (Å²) in [4.78, 5) is 29.7. The summed E-state index contributed by atoms with van der Waals surface area (Å²) in [5, 5.41) is 2.63. The molecule has 1 atom stereocenters. The number of nitrogens with zero attached hydrogens (tertiary/aromatic N) is 2. The summed E-state index contributed by atoms with van der Waals surface area (Å²) < 4.78 is 78.1. The number of benzene rings is 1. The topological polar surface area (TPSA) is 62.3 Å². The maximum absolute atomic E-state index is 13.0. The average molecular weight is 445 g/mol. The fraction of sp³-hybridized carbons (Fsp3) is 0.350. The smallest absolute Gasteiger partial charge is 0.350 e. The molecule has 1 fully saturated rings. The molecule has 0 unspecified atom stereocenters. The molecule has 2 amide bonds. The van der Waals surface area contributed by atoms with Crippen molar-refractivity contribution < 1.29 is 35.9 Å². The van der Waals surface area contributed by atoms with Gasteiger partial charge in [0.15, 0.2) is 0 Å². The van der Waals surface area contributed by atoms with Crippen LogP contribution in [0.15, 0.2) is 42.6 Å². The quantitative estimate of drug-likeness (QED) is 0.713. The van der Waals surface area contributed by atoms with E-state index in [2.05, 4.69) is 10.3 Å². The van der Waals surface area contributed by atoms with Gasteiger partial charge in [-0.05, 0) is 35.9 Å². The number of hydrogen-bond donors (Lipinski definition) is 1. The van der Waals surface area contributed by atoms with E-state index < -0.39 is 47.8 Å². The Morgan fingerprint density at radius 1 is 1.06 bits per heavy atom. The van der Waals surface area contributed by atoms with Crippen molar-refractivity contribution in [2.45, 2.75) is 31.9 Å². The van der Waals surface area contributed by atoms with Crippen LogP contribution in [-0.2, 0) is 35.0 Å².